The Balaban J connectivity index is 1.41. The van der Waals surface area contributed by atoms with Crippen LogP contribution in [0.15, 0.2) is 47.4 Å². The Bertz CT molecular complexity index is 1300. The van der Waals surface area contributed by atoms with Crippen LogP contribution in [0.1, 0.15) is 30.1 Å². The van der Waals surface area contributed by atoms with E-state index in [0.717, 1.165) is 24.2 Å². The van der Waals surface area contributed by atoms with E-state index in [2.05, 4.69) is 27.9 Å². The van der Waals surface area contributed by atoms with Crippen LogP contribution in [0.25, 0.3) is 10.2 Å². The highest BCUT2D eigenvalue weighted by Crippen LogP contribution is 2.34. The number of hydrogen-bond acceptors (Lipinski definition) is 7. The fourth-order valence-electron chi connectivity index (χ4n) is 3.07. The third kappa shape index (κ3) is 5.26. The van der Waals surface area contributed by atoms with Gasteiger partial charge in [-0.1, -0.05) is 35.1 Å². The first-order valence-corrected chi connectivity index (χ1v) is 12.8. The number of amides is 3. The SMILES string of the molecule is CC1(NCCS(=O)(=O)c2ccc3nc(NC(=O)NC(=O)c4ccccc4Cl)sc3c2)CC1. The van der Waals surface area contributed by atoms with Gasteiger partial charge in [0.2, 0.25) is 0 Å². The molecule has 0 radical (unpaired) electrons. The summed E-state index contributed by atoms with van der Waals surface area (Å²) in [7, 11) is -3.45. The molecule has 1 saturated carbocycles. The maximum absolute atomic E-state index is 12.7. The first-order valence-electron chi connectivity index (χ1n) is 9.90. The van der Waals surface area contributed by atoms with Gasteiger partial charge in [-0.25, -0.2) is 18.2 Å². The molecule has 3 amide bonds. The second kappa shape index (κ2) is 8.78. The molecule has 1 aromatic heterocycles. The number of imide groups is 1. The highest BCUT2D eigenvalue weighted by Gasteiger charge is 2.36. The second-order valence-corrected chi connectivity index (χ2v) is 11.4. The molecule has 0 bridgehead atoms. The number of urea groups is 1. The first kappa shape index (κ1) is 22.7. The minimum absolute atomic E-state index is 0.00453. The molecular weight excluding hydrogens is 472 g/mol. The lowest BCUT2D eigenvalue weighted by Crippen LogP contribution is -2.34. The van der Waals surface area contributed by atoms with Crippen molar-refractivity contribution in [2.75, 3.05) is 17.6 Å². The lowest BCUT2D eigenvalue weighted by molar-refractivity contribution is 0.0967. The zero-order valence-corrected chi connectivity index (χ0v) is 19.5. The van der Waals surface area contributed by atoms with Crippen LogP contribution in [0.5, 0.6) is 0 Å². The van der Waals surface area contributed by atoms with Crippen molar-refractivity contribution in [1.82, 2.24) is 15.6 Å². The fraction of sp³-hybridized carbons (Fsp3) is 0.286. The molecule has 11 heteroatoms. The number of thiazole rings is 1. The van der Waals surface area contributed by atoms with Crippen LogP contribution in [-0.4, -0.2) is 43.2 Å². The van der Waals surface area contributed by atoms with E-state index in [9.17, 15) is 18.0 Å². The number of carbonyl (C=O) groups excluding carboxylic acids is 2. The summed E-state index contributed by atoms with van der Waals surface area (Å²) in [5.74, 6) is -0.638. The van der Waals surface area contributed by atoms with Crippen LogP contribution in [0.3, 0.4) is 0 Å². The molecule has 4 rings (SSSR count). The van der Waals surface area contributed by atoms with E-state index in [0.29, 0.717) is 16.8 Å². The van der Waals surface area contributed by atoms with Crippen LogP contribution in [0.4, 0.5) is 9.93 Å². The molecule has 3 aromatic rings. The summed E-state index contributed by atoms with van der Waals surface area (Å²) < 4.78 is 25.9. The van der Waals surface area contributed by atoms with Crippen molar-refractivity contribution in [3.63, 3.8) is 0 Å². The monoisotopic (exact) mass is 492 g/mol. The van der Waals surface area contributed by atoms with E-state index in [1.165, 1.54) is 12.1 Å². The second-order valence-electron chi connectivity index (χ2n) is 7.84. The van der Waals surface area contributed by atoms with Crippen LogP contribution in [-0.2, 0) is 9.84 Å². The number of nitrogens with zero attached hydrogens (tertiary/aromatic N) is 1. The van der Waals surface area contributed by atoms with Gasteiger partial charge in [-0.2, -0.15) is 0 Å². The maximum Gasteiger partial charge on any atom is 0.327 e. The zero-order chi connectivity index (χ0) is 22.9. The largest absolute Gasteiger partial charge is 0.327 e. The highest BCUT2D eigenvalue weighted by atomic mass is 35.5. The molecule has 0 aliphatic heterocycles. The molecule has 1 heterocycles. The minimum atomic E-state index is -3.45. The molecule has 1 aliphatic carbocycles. The van der Waals surface area contributed by atoms with Crippen LogP contribution >= 0.6 is 22.9 Å². The number of anilines is 1. The quantitative estimate of drug-likeness (QED) is 0.461. The average Bonchev–Trinajstić information content (AvgIpc) is 3.32. The molecule has 3 N–H and O–H groups in total. The van der Waals surface area contributed by atoms with Gasteiger partial charge in [0.15, 0.2) is 15.0 Å². The van der Waals surface area contributed by atoms with Gasteiger partial charge in [0.1, 0.15) is 0 Å². The van der Waals surface area contributed by atoms with E-state index in [1.807, 2.05) is 0 Å². The number of carbonyl (C=O) groups is 2. The maximum atomic E-state index is 12.7. The summed E-state index contributed by atoms with van der Waals surface area (Å²) in [6.45, 7) is 2.47. The third-order valence-electron chi connectivity index (χ3n) is 5.21. The van der Waals surface area contributed by atoms with Gasteiger partial charge in [0.25, 0.3) is 5.91 Å². The molecule has 0 spiro atoms. The summed E-state index contributed by atoms with van der Waals surface area (Å²) in [5.41, 5.74) is 0.796. The minimum Gasteiger partial charge on any atom is -0.310 e. The molecule has 0 unspecified atom stereocenters. The van der Waals surface area contributed by atoms with Crippen molar-refractivity contribution in [1.29, 1.82) is 0 Å². The highest BCUT2D eigenvalue weighted by molar-refractivity contribution is 7.91. The van der Waals surface area contributed by atoms with Gasteiger partial charge in [0, 0.05) is 12.1 Å². The van der Waals surface area contributed by atoms with Crippen molar-refractivity contribution in [2.45, 2.75) is 30.2 Å². The van der Waals surface area contributed by atoms with Crippen LogP contribution in [0, 0.1) is 0 Å². The predicted molar refractivity (Wildman–Crippen MR) is 125 cm³/mol. The fourth-order valence-corrected chi connectivity index (χ4v) is 5.44. The average molecular weight is 493 g/mol. The van der Waals surface area contributed by atoms with Crippen molar-refractivity contribution in [2.24, 2.45) is 0 Å². The summed E-state index contributed by atoms with van der Waals surface area (Å²) in [5, 5.41) is 8.44. The van der Waals surface area contributed by atoms with E-state index < -0.39 is 21.8 Å². The molecule has 1 aliphatic rings. The van der Waals surface area contributed by atoms with Crippen molar-refractivity contribution in [3.05, 3.63) is 53.1 Å². The number of aromatic nitrogens is 1. The molecule has 32 heavy (non-hydrogen) atoms. The van der Waals surface area contributed by atoms with Crippen LogP contribution in [0.2, 0.25) is 5.02 Å². The Labute approximate surface area is 194 Å². The molecule has 8 nitrogen and oxygen atoms in total. The van der Waals surface area contributed by atoms with Gasteiger partial charge in [-0.05, 0) is 50.1 Å². The van der Waals surface area contributed by atoms with Crippen molar-refractivity contribution >= 4 is 60.1 Å². The van der Waals surface area contributed by atoms with Crippen LogP contribution < -0.4 is 16.0 Å². The number of hydrogen-bond donors (Lipinski definition) is 3. The van der Waals surface area contributed by atoms with Gasteiger partial charge in [-0.3, -0.25) is 15.4 Å². The number of rotatable bonds is 7. The van der Waals surface area contributed by atoms with Gasteiger partial charge < -0.3 is 5.32 Å². The molecule has 0 atom stereocenters. The molecule has 2 aromatic carbocycles. The Kier molecular flexibility index (Phi) is 6.22. The normalized spacial score (nSPS) is 14.8. The van der Waals surface area contributed by atoms with E-state index in [1.54, 1.807) is 30.3 Å². The molecule has 168 valence electrons. The first-order chi connectivity index (χ1) is 15.2. The summed E-state index contributed by atoms with van der Waals surface area (Å²) in [4.78, 5) is 28.9. The summed E-state index contributed by atoms with van der Waals surface area (Å²) in [6.07, 6.45) is 2.13. The number of nitrogens with one attached hydrogen (secondary N) is 3. The smallest absolute Gasteiger partial charge is 0.310 e. The summed E-state index contributed by atoms with van der Waals surface area (Å²) in [6, 6.07) is 10.3. The number of benzene rings is 2. The van der Waals surface area contributed by atoms with Crippen molar-refractivity contribution < 1.29 is 18.0 Å². The Morgan fingerprint density at radius 3 is 2.66 bits per heavy atom. The molecule has 1 fully saturated rings. The predicted octanol–water partition coefficient (Wildman–Crippen LogP) is 3.83. The number of fused-ring (bicyclic) bond motifs is 1. The zero-order valence-electron chi connectivity index (χ0n) is 17.1. The van der Waals surface area contributed by atoms with E-state index in [4.69, 9.17) is 11.6 Å². The molecular formula is C21H21ClN4O4S2. The summed E-state index contributed by atoms with van der Waals surface area (Å²) >= 11 is 7.09. The van der Waals surface area contributed by atoms with Gasteiger partial charge in [-0.15, -0.1) is 0 Å². The molecule has 0 saturated heterocycles. The van der Waals surface area contributed by atoms with Gasteiger partial charge >= 0.3 is 6.03 Å². The number of sulfone groups is 1. The lowest BCUT2D eigenvalue weighted by Gasteiger charge is -2.11. The Morgan fingerprint density at radius 1 is 1.19 bits per heavy atom. The van der Waals surface area contributed by atoms with Crippen molar-refractivity contribution in [3.8, 4) is 0 Å². The Hall–Kier alpha value is -2.53. The standard InChI is InChI=1S/C21H21ClN4O4S2/c1-21(8-9-21)23-10-11-32(29,30)13-6-7-16-17(12-13)31-20(24-16)26-19(28)25-18(27)14-4-2-3-5-15(14)22/h2-7,12,23H,8-11H2,1H3,(H2,24,25,26,27,28). The van der Waals surface area contributed by atoms with E-state index >= 15 is 0 Å². The van der Waals surface area contributed by atoms with Gasteiger partial charge in [0.05, 0.1) is 31.5 Å². The lowest BCUT2D eigenvalue weighted by atomic mass is 10.2. The Morgan fingerprint density at radius 2 is 1.94 bits per heavy atom. The van der Waals surface area contributed by atoms with E-state index in [-0.39, 0.29) is 31.9 Å². The topological polar surface area (TPSA) is 117 Å². The third-order valence-corrected chi connectivity index (χ3v) is 8.18. The number of halogens is 1.